The highest BCUT2D eigenvalue weighted by atomic mass is 35.5. The molecule has 2 amide bonds. The summed E-state index contributed by atoms with van der Waals surface area (Å²) in [5.74, 6) is -0.247. The van der Waals surface area contributed by atoms with Crippen LogP contribution < -0.4 is 11.1 Å². The zero-order valence-electron chi connectivity index (χ0n) is 15.7. The van der Waals surface area contributed by atoms with E-state index in [-0.39, 0.29) is 17.9 Å². The topological polar surface area (TPSA) is 75.4 Å². The summed E-state index contributed by atoms with van der Waals surface area (Å²) in [4.78, 5) is 26.7. The van der Waals surface area contributed by atoms with Crippen molar-refractivity contribution in [3.8, 4) is 0 Å². The molecule has 6 heteroatoms. The molecule has 2 aromatic carbocycles. The number of nitrogens with one attached hydrogen (secondary N) is 1. The number of carbonyl (C=O) groups excluding carboxylic acids is 2. The minimum Gasteiger partial charge on any atom is -0.368 e. The average Bonchev–Trinajstić information content (AvgIpc) is 3.35. The van der Waals surface area contributed by atoms with E-state index in [2.05, 4.69) is 10.2 Å². The fourth-order valence-electron chi connectivity index (χ4n) is 4.11. The summed E-state index contributed by atoms with van der Waals surface area (Å²) in [6.07, 6.45) is 3.48. The van der Waals surface area contributed by atoms with Gasteiger partial charge in [0.2, 0.25) is 11.8 Å². The Balaban J connectivity index is 1.45. The predicted octanol–water partition coefficient (Wildman–Crippen LogP) is 3.46. The Bertz CT molecular complexity index is 893. The number of hydrogen-bond acceptors (Lipinski definition) is 3. The summed E-state index contributed by atoms with van der Waals surface area (Å²) in [5, 5.41) is 3.75. The molecule has 3 N–H and O–H groups in total. The van der Waals surface area contributed by atoms with E-state index in [1.165, 1.54) is 0 Å². The molecule has 0 radical (unpaired) electrons. The summed E-state index contributed by atoms with van der Waals surface area (Å²) in [5.41, 5.74) is 7.90. The molecule has 1 heterocycles. The number of benzene rings is 2. The molecular weight excluding hydrogens is 374 g/mol. The van der Waals surface area contributed by atoms with Crippen molar-refractivity contribution in [1.82, 2.24) is 4.90 Å². The summed E-state index contributed by atoms with van der Waals surface area (Å²) < 4.78 is 0. The van der Waals surface area contributed by atoms with Crippen LogP contribution in [0.3, 0.4) is 0 Å². The third-order valence-corrected chi connectivity index (χ3v) is 6.10. The van der Waals surface area contributed by atoms with Crippen molar-refractivity contribution in [2.24, 2.45) is 5.73 Å². The third-order valence-electron chi connectivity index (χ3n) is 5.84. The van der Waals surface area contributed by atoms with Crippen molar-refractivity contribution < 1.29 is 9.59 Å². The largest absolute Gasteiger partial charge is 0.368 e. The zero-order valence-corrected chi connectivity index (χ0v) is 16.4. The van der Waals surface area contributed by atoms with Gasteiger partial charge in [-0.25, -0.2) is 0 Å². The Morgan fingerprint density at radius 1 is 1.18 bits per heavy atom. The van der Waals surface area contributed by atoms with Gasteiger partial charge >= 0.3 is 0 Å². The maximum Gasteiger partial charge on any atom is 0.235 e. The van der Waals surface area contributed by atoms with Crippen LogP contribution >= 0.6 is 11.6 Å². The summed E-state index contributed by atoms with van der Waals surface area (Å²) in [6, 6.07) is 15.1. The number of nitrogens with zero attached hydrogens (tertiary/aromatic N) is 1. The lowest BCUT2D eigenvalue weighted by atomic mass is 9.95. The molecule has 1 aliphatic carbocycles. The molecule has 1 aliphatic heterocycles. The molecule has 1 saturated heterocycles. The first-order valence-corrected chi connectivity index (χ1v) is 10.1. The van der Waals surface area contributed by atoms with Crippen LogP contribution in [0.4, 0.5) is 5.69 Å². The number of hydrogen-bond donors (Lipinski definition) is 2. The Kier molecular flexibility index (Phi) is 5.13. The molecule has 0 spiro atoms. The van der Waals surface area contributed by atoms with Crippen LogP contribution in [0.1, 0.15) is 36.8 Å². The fraction of sp³-hybridized carbons (Fsp3) is 0.364. The van der Waals surface area contributed by atoms with Crippen molar-refractivity contribution in [2.45, 2.75) is 43.7 Å². The van der Waals surface area contributed by atoms with Crippen molar-refractivity contribution in [3.05, 3.63) is 64.7 Å². The summed E-state index contributed by atoms with van der Waals surface area (Å²) in [7, 11) is 0. The first-order chi connectivity index (χ1) is 13.5. The van der Waals surface area contributed by atoms with Crippen LogP contribution in [-0.4, -0.2) is 29.3 Å². The Labute approximate surface area is 169 Å². The van der Waals surface area contributed by atoms with Crippen LogP contribution in [0, 0.1) is 0 Å². The van der Waals surface area contributed by atoms with Gasteiger partial charge in [0.25, 0.3) is 0 Å². The zero-order chi connectivity index (χ0) is 19.7. The SMILES string of the molecule is NC(=O)C1CCCN1Cc1cccc(NC(=O)C2(c3ccc(Cl)cc3)CC2)c1. The highest BCUT2D eigenvalue weighted by Gasteiger charge is 2.51. The third kappa shape index (κ3) is 3.77. The lowest BCUT2D eigenvalue weighted by molar-refractivity contribution is -0.122. The molecule has 1 unspecified atom stereocenters. The van der Waals surface area contributed by atoms with Gasteiger partial charge in [-0.2, -0.15) is 0 Å². The summed E-state index contributed by atoms with van der Waals surface area (Å²) in [6.45, 7) is 1.52. The lowest BCUT2D eigenvalue weighted by Crippen LogP contribution is -2.39. The van der Waals surface area contributed by atoms with E-state index in [4.69, 9.17) is 17.3 Å². The van der Waals surface area contributed by atoms with Gasteiger partial charge in [-0.15, -0.1) is 0 Å². The van der Waals surface area contributed by atoms with Gasteiger partial charge in [0.1, 0.15) is 0 Å². The monoisotopic (exact) mass is 397 g/mol. The van der Waals surface area contributed by atoms with Crippen molar-refractivity contribution in [1.29, 1.82) is 0 Å². The predicted molar refractivity (Wildman–Crippen MR) is 110 cm³/mol. The highest BCUT2D eigenvalue weighted by molar-refractivity contribution is 6.30. The Morgan fingerprint density at radius 3 is 2.61 bits per heavy atom. The van der Waals surface area contributed by atoms with Gasteiger partial charge < -0.3 is 11.1 Å². The lowest BCUT2D eigenvalue weighted by Gasteiger charge is -2.22. The second-order valence-corrected chi connectivity index (χ2v) is 8.21. The maximum atomic E-state index is 13.0. The molecule has 2 aromatic rings. The first-order valence-electron chi connectivity index (χ1n) is 9.68. The van der Waals surface area contributed by atoms with Crippen LogP contribution in [0.2, 0.25) is 5.02 Å². The fourth-order valence-corrected chi connectivity index (χ4v) is 4.24. The van der Waals surface area contributed by atoms with Crippen molar-refractivity contribution >= 4 is 29.1 Å². The standard InChI is InChI=1S/C22H24ClN3O2/c23-17-8-6-16(7-9-17)22(10-11-22)21(28)25-18-4-1-3-15(13-18)14-26-12-2-5-19(26)20(24)27/h1,3-4,6-9,13,19H,2,5,10-12,14H2,(H2,24,27)(H,25,28). The maximum absolute atomic E-state index is 13.0. The van der Waals surface area contributed by atoms with Gasteiger partial charge in [0.15, 0.2) is 0 Å². The highest BCUT2D eigenvalue weighted by Crippen LogP contribution is 2.49. The van der Waals surface area contributed by atoms with E-state index in [1.54, 1.807) is 0 Å². The molecule has 0 aromatic heterocycles. The van der Waals surface area contributed by atoms with E-state index in [0.29, 0.717) is 11.6 Å². The number of nitrogens with two attached hydrogens (primary N) is 1. The van der Waals surface area contributed by atoms with Crippen LogP contribution in [-0.2, 0) is 21.5 Å². The van der Waals surface area contributed by atoms with E-state index in [1.807, 2.05) is 48.5 Å². The number of anilines is 1. The molecule has 0 bridgehead atoms. The van der Waals surface area contributed by atoms with Crippen molar-refractivity contribution in [2.75, 3.05) is 11.9 Å². The van der Waals surface area contributed by atoms with Gasteiger partial charge in [-0.05, 0) is 67.6 Å². The molecule has 2 fully saturated rings. The first kappa shape index (κ1) is 19.0. The number of carbonyl (C=O) groups is 2. The number of halogens is 1. The number of primary amides is 1. The van der Waals surface area contributed by atoms with Crippen LogP contribution in [0.25, 0.3) is 0 Å². The average molecular weight is 398 g/mol. The number of likely N-dealkylation sites (tertiary alicyclic amines) is 1. The second-order valence-electron chi connectivity index (χ2n) is 7.77. The van der Waals surface area contributed by atoms with Gasteiger partial charge in [0.05, 0.1) is 11.5 Å². The molecule has 1 saturated carbocycles. The van der Waals surface area contributed by atoms with Crippen LogP contribution in [0.5, 0.6) is 0 Å². The molecule has 2 aliphatic rings. The molecule has 5 nitrogen and oxygen atoms in total. The quantitative estimate of drug-likeness (QED) is 0.783. The number of amides is 2. The second kappa shape index (κ2) is 7.57. The van der Waals surface area contributed by atoms with E-state index >= 15 is 0 Å². The van der Waals surface area contributed by atoms with Crippen LogP contribution in [0.15, 0.2) is 48.5 Å². The molecule has 4 rings (SSSR count). The minimum absolute atomic E-state index is 0.0168. The molecule has 146 valence electrons. The van der Waals surface area contributed by atoms with Gasteiger partial charge in [0, 0.05) is 17.3 Å². The molecule has 28 heavy (non-hydrogen) atoms. The molecular formula is C22H24ClN3O2. The number of rotatable bonds is 6. The smallest absolute Gasteiger partial charge is 0.235 e. The Hall–Kier alpha value is -2.37. The minimum atomic E-state index is -0.452. The normalized spacial score (nSPS) is 20.7. The summed E-state index contributed by atoms with van der Waals surface area (Å²) >= 11 is 5.98. The van der Waals surface area contributed by atoms with Gasteiger partial charge in [-0.3, -0.25) is 14.5 Å². The van der Waals surface area contributed by atoms with E-state index < -0.39 is 5.41 Å². The van der Waals surface area contributed by atoms with Crippen molar-refractivity contribution in [3.63, 3.8) is 0 Å². The van der Waals surface area contributed by atoms with Gasteiger partial charge in [-0.1, -0.05) is 35.9 Å². The van der Waals surface area contributed by atoms with E-state index in [9.17, 15) is 9.59 Å². The molecule has 1 atom stereocenters. The Morgan fingerprint density at radius 2 is 1.93 bits per heavy atom. The van der Waals surface area contributed by atoms with E-state index in [0.717, 1.165) is 49.0 Å².